The van der Waals surface area contributed by atoms with E-state index in [2.05, 4.69) is 0 Å². The number of halogens is 1. The monoisotopic (exact) mass is 565 g/mol. The fourth-order valence-electron chi connectivity index (χ4n) is 6.29. The van der Waals surface area contributed by atoms with Gasteiger partial charge in [-0.15, -0.1) is 0 Å². The van der Waals surface area contributed by atoms with Crippen LogP contribution in [0, 0.1) is 23.6 Å². The van der Waals surface area contributed by atoms with Crippen molar-refractivity contribution in [1.29, 1.82) is 0 Å². The van der Waals surface area contributed by atoms with Gasteiger partial charge in [-0.25, -0.2) is 4.39 Å². The molecule has 2 aliphatic rings. The molecule has 0 bridgehead atoms. The molecule has 4 rings (SSSR count). The zero-order valence-electron chi connectivity index (χ0n) is 23.3. The van der Waals surface area contributed by atoms with Gasteiger partial charge in [-0.1, -0.05) is 55.7 Å². The van der Waals surface area contributed by atoms with E-state index in [1.807, 2.05) is 19.9 Å². The highest BCUT2D eigenvalue weighted by atomic mass is 19.1. The molecule has 2 aromatic rings. The zero-order chi connectivity index (χ0) is 29.8. The maximum atomic E-state index is 13.9. The molecule has 8 nitrogen and oxygen atoms in total. The molecule has 5 N–H and O–H groups in total. The first-order valence-corrected chi connectivity index (χ1v) is 14.1. The van der Waals surface area contributed by atoms with E-state index in [0.717, 1.165) is 28.9 Å². The first-order chi connectivity index (χ1) is 19.6. The van der Waals surface area contributed by atoms with Crippen LogP contribution in [-0.2, 0) is 9.59 Å². The van der Waals surface area contributed by atoms with Crippen molar-refractivity contribution in [3.63, 3.8) is 0 Å². The molecule has 0 aromatic heterocycles. The van der Waals surface area contributed by atoms with Crippen molar-refractivity contribution in [2.45, 2.75) is 58.5 Å². The predicted molar refractivity (Wildman–Crippen MR) is 154 cm³/mol. The third-order valence-electron chi connectivity index (χ3n) is 8.25. The number of hydrogen-bond acceptors (Lipinski definition) is 7. The predicted octanol–water partition coefficient (Wildman–Crippen LogP) is 3.06. The molecule has 0 unspecified atom stereocenters. The van der Waals surface area contributed by atoms with Gasteiger partial charge in [0.1, 0.15) is 0 Å². The maximum absolute atomic E-state index is 13.9. The summed E-state index contributed by atoms with van der Waals surface area (Å²) in [4.78, 5) is 28.2. The standard InChI is InChI=1S/C31H37BFNO7/c1-3-6-18(13-19-10-11-26(36)25(33)14-19)9-12-27(37)28-20(4-2)15-23-29(24(28)17-35)31(39)34(30(23)38)22-8-5-7-21(16-22)32(40)41/h5,7-8,10-11,13-14,16,23-24,27,29,35-37,40-41H,3-4,6,9,12,15,17H2,1-2H3/b18-13+/t23-,24+,27-,29-/m1/s1. The van der Waals surface area contributed by atoms with Gasteiger partial charge in [-0.05, 0) is 73.0 Å². The number of allylic oxidation sites excluding steroid dienone is 2. The summed E-state index contributed by atoms with van der Waals surface area (Å²) in [5.74, 6) is -4.29. The first-order valence-electron chi connectivity index (χ1n) is 14.1. The smallest absolute Gasteiger partial charge is 0.488 e. The van der Waals surface area contributed by atoms with E-state index < -0.39 is 61.0 Å². The quantitative estimate of drug-likeness (QED) is 0.160. The molecule has 1 saturated heterocycles. The van der Waals surface area contributed by atoms with Crippen molar-refractivity contribution in [2.75, 3.05) is 11.5 Å². The minimum absolute atomic E-state index is 0.145. The number of hydrogen-bond donors (Lipinski definition) is 5. The number of aliphatic hydroxyl groups is 2. The van der Waals surface area contributed by atoms with Gasteiger partial charge in [0.15, 0.2) is 11.6 Å². The molecule has 0 spiro atoms. The highest BCUT2D eigenvalue weighted by Crippen LogP contribution is 2.48. The molecule has 1 aliphatic heterocycles. The van der Waals surface area contributed by atoms with Gasteiger partial charge in [0.05, 0.1) is 30.2 Å². The van der Waals surface area contributed by atoms with Gasteiger partial charge >= 0.3 is 7.12 Å². The average molecular weight is 565 g/mol. The van der Waals surface area contributed by atoms with Gasteiger partial charge in [0.25, 0.3) is 0 Å². The number of fused-ring (bicyclic) bond motifs is 1. The summed E-state index contributed by atoms with van der Waals surface area (Å²) in [7, 11) is -1.76. The first kappa shape index (κ1) is 30.6. The molecule has 218 valence electrons. The lowest BCUT2D eigenvalue weighted by molar-refractivity contribution is -0.123. The second-order valence-corrected chi connectivity index (χ2v) is 10.8. The fourth-order valence-corrected chi connectivity index (χ4v) is 6.29. The van der Waals surface area contributed by atoms with Gasteiger partial charge in [-0.3, -0.25) is 14.5 Å². The Morgan fingerprint density at radius 1 is 1.12 bits per heavy atom. The maximum Gasteiger partial charge on any atom is 0.488 e. The number of rotatable bonds is 11. The van der Waals surface area contributed by atoms with Crippen molar-refractivity contribution < 1.29 is 39.3 Å². The lowest BCUT2D eigenvalue weighted by Crippen LogP contribution is -2.39. The van der Waals surface area contributed by atoms with Crippen LogP contribution < -0.4 is 10.4 Å². The number of aromatic hydroxyl groups is 1. The molecule has 41 heavy (non-hydrogen) atoms. The minimum atomic E-state index is -1.76. The van der Waals surface area contributed by atoms with Crippen molar-refractivity contribution in [1.82, 2.24) is 0 Å². The van der Waals surface area contributed by atoms with Gasteiger partial charge in [0, 0.05) is 5.92 Å². The number of carbonyl (C=O) groups excluding carboxylic acids is 2. The Morgan fingerprint density at radius 3 is 2.51 bits per heavy atom. The summed E-state index contributed by atoms with van der Waals surface area (Å²) in [5.41, 5.74) is 3.43. The normalized spacial score (nSPS) is 21.9. The van der Waals surface area contributed by atoms with E-state index in [0.29, 0.717) is 30.4 Å². The van der Waals surface area contributed by atoms with E-state index in [4.69, 9.17) is 0 Å². The second kappa shape index (κ2) is 13.1. The molecule has 4 atom stereocenters. The number of anilines is 1. The van der Waals surface area contributed by atoms with Crippen LogP contribution in [0.3, 0.4) is 0 Å². The van der Waals surface area contributed by atoms with Crippen LogP contribution in [-0.4, -0.2) is 57.0 Å². The van der Waals surface area contributed by atoms with Crippen LogP contribution in [0.15, 0.2) is 59.2 Å². The van der Waals surface area contributed by atoms with Gasteiger partial charge < -0.3 is 25.4 Å². The summed E-state index contributed by atoms with van der Waals surface area (Å²) >= 11 is 0. The second-order valence-electron chi connectivity index (χ2n) is 10.8. The van der Waals surface area contributed by atoms with Crippen molar-refractivity contribution in [3.8, 4) is 5.75 Å². The minimum Gasteiger partial charge on any atom is -0.505 e. The van der Waals surface area contributed by atoms with Crippen LogP contribution in [0.1, 0.15) is 57.9 Å². The van der Waals surface area contributed by atoms with Crippen LogP contribution in [0.5, 0.6) is 5.75 Å². The van der Waals surface area contributed by atoms with Crippen LogP contribution >= 0.6 is 0 Å². The van der Waals surface area contributed by atoms with Crippen molar-refractivity contribution in [2.24, 2.45) is 17.8 Å². The molecule has 2 aromatic carbocycles. The lowest BCUT2D eigenvalue weighted by atomic mass is 9.67. The molecule has 0 saturated carbocycles. The number of amides is 2. The molecule has 1 aliphatic carbocycles. The Balaban J connectivity index is 1.59. The highest BCUT2D eigenvalue weighted by Gasteiger charge is 2.55. The molecule has 10 heteroatoms. The number of phenols is 1. The van der Waals surface area contributed by atoms with Crippen LogP contribution in [0.4, 0.5) is 10.1 Å². The SMILES string of the molecule is CCC/C(=C\c1ccc(O)c(F)c1)CC[C@@H](O)C1=C(CC)C[C@H]2C(=O)N(c3cccc(B(O)O)c3)C(=O)[C@H]2[C@H]1CO. The van der Waals surface area contributed by atoms with Gasteiger partial charge in [-0.2, -0.15) is 0 Å². The van der Waals surface area contributed by atoms with E-state index in [-0.39, 0.29) is 17.6 Å². The summed E-state index contributed by atoms with van der Waals surface area (Å²) in [6.07, 6.45) is 4.12. The zero-order valence-corrected chi connectivity index (χ0v) is 23.3. The van der Waals surface area contributed by atoms with Gasteiger partial charge in [0.2, 0.25) is 11.8 Å². The molecular formula is C31H37BFNO7. The lowest BCUT2D eigenvalue weighted by Gasteiger charge is -2.36. The van der Waals surface area contributed by atoms with Crippen molar-refractivity contribution in [3.05, 3.63) is 70.6 Å². The third kappa shape index (κ3) is 6.31. The number of benzene rings is 2. The number of carbonyl (C=O) groups is 2. The summed E-state index contributed by atoms with van der Waals surface area (Å²) in [5, 5.41) is 50.6. The van der Waals surface area contributed by atoms with Crippen molar-refractivity contribution >= 4 is 36.2 Å². The Morgan fingerprint density at radius 2 is 1.88 bits per heavy atom. The van der Waals surface area contributed by atoms with E-state index in [9.17, 15) is 39.3 Å². The molecular weight excluding hydrogens is 528 g/mol. The third-order valence-corrected chi connectivity index (χ3v) is 8.25. The fraction of sp³-hybridized carbons (Fsp3) is 0.419. The van der Waals surface area contributed by atoms with E-state index in [1.54, 1.807) is 12.1 Å². The Hall–Kier alpha value is -3.31. The Bertz CT molecular complexity index is 1360. The van der Waals surface area contributed by atoms with Crippen LogP contribution in [0.25, 0.3) is 6.08 Å². The van der Waals surface area contributed by atoms with E-state index >= 15 is 0 Å². The number of nitrogens with zero attached hydrogens (tertiary/aromatic N) is 1. The Labute approximate surface area is 239 Å². The molecule has 1 fully saturated rings. The number of imide groups is 1. The van der Waals surface area contributed by atoms with E-state index in [1.165, 1.54) is 30.3 Å². The largest absolute Gasteiger partial charge is 0.505 e. The summed E-state index contributed by atoms with van der Waals surface area (Å²) in [6, 6.07) is 10.1. The number of aliphatic hydroxyl groups excluding tert-OH is 2. The molecule has 1 heterocycles. The Kier molecular flexibility index (Phi) is 9.81. The van der Waals surface area contributed by atoms with Crippen LogP contribution in [0.2, 0.25) is 0 Å². The molecule has 0 radical (unpaired) electrons. The average Bonchev–Trinajstić information content (AvgIpc) is 3.21. The molecule has 2 amide bonds. The summed E-state index contributed by atoms with van der Waals surface area (Å²) < 4.78 is 13.9. The highest BCUT2D eigenvalue weighted by molar-refractivity contribution is 6.58. The summed E-state index contributed by atoms with van der Waals surface area (Å²) in [6.45, 7) is 3.53. The topological polar surface area (TPSA) is 139 Å². The number of phenolic OH excluding ortho intramolecular Hbond substituents is 1.